The number of carbonyl (C=O) groups is 2. The van der Waals surface area contributed by atoms with Gasteiger partial charge in [0, 0.05) is 29.3 Å². The van der Waals surface area contributed by atoms with E-state index in [1.54, 1.807) is 48.2 Å². The quantitative estimate of drug-likeness (QED) is 0.442. The molecule has 0 saturated heterocycles. The number of hydrogen-bond acceptors (Lipinski definition) is 4. The van der Waals surface area contributed by atoms with Crippen molar-refractivity contribution >= 4 is 23.2 Å². The Morgan fingerprint density at radius 3 is 2.56 bits per heavy atom. The molecule has 3 N–H and O–H groups in total. The summed E-state index contributed by atoms with van der Waals surface area (Å²) < 4.78 is 0. The molecule has 0 unspecified atom stereocenters. The summed E-state index contributed by atoms with van der Waals surface area (Å²) in [6.07, 6.45) is 4.01. The highest BCUT2D eigenvalue weighted by atomic mass is 16.3. The highest BCUT2D eigenvalue weighted by molar-refractivity contribution is 6.07. The number of carbonyl (C=O) groups excluding carboxylic acids is 2. The first-order valence-corrected chi connectivity index (χ1v) is 11.3. The lowest BCUT2D eigenvalue weighted by Gasteiger charge is -2.27. The van der Waals surface area contributed by atoms with Crippen LogP contribution in [0.1, 0.15) is 34.8 Å². The first-order valence-electron chi connectivity index (χ1n) is 11.3. The van der Waals surface area contributed by atoms with E-state index >= 15 is 0 Å². The molecule has 34 heavy (non-hydrogen) atoms. The Morgan fingerprint density at radius 1 is 1.06 bits per heavy atom. The Kier molecular flexibility index (Phi) is 6.91. The molecule has 6 nitrogen and oxygen atoms in total. The molecule has 1 aliphatic rings. The van der Waals surface area contributed by atoms with Crippen LogP contribution in [0.25, 0.3) is 0 Å². The van der Waals surface area contributed by atoms with Crippen LogP contribution in [-0.2, 0) is 16.9 Å². The minimum atomic E-state index is -1.69. The van der Waals surface area contributed by atoms with E-state index in [0.717, 1.165) is 5.56 Å². The van der Waals surface area contributed by atoms with Gasteiger partial charge in [0.25, 0.3) is 11.8 Å². The average molecular weight is 457 g/mol. The van der Waals surface area contributed by atoms with Crippen LogP contribution in [0.15, 0.2) is 91.0 Å². The number of benzene rings is 3. The molecule has 2 amide bonds. The van der Waals surface area contributed by atoms with Gasteiger partial charge in [-0.2, -0.15) is 0 Å². The van der Waals surface area contributed by atoms with E-state index in [1.807, 2.05) is 54.6 Å². The summed E-state index contributed by atoms with van der Waals surface area (Å²) in [5.41, 5.74) is 1.54. The topological polar surface area (TPSA) is 89.9 Å². The van der Waals surface area contributed by atoms with E-state index in [9.17, 15) is 14.7 Å². The molecule has 3 aromatic rings. The van der Waals surface area contributed by atoms with Crippen LogP contribution >= 0.6 is 0 Å². The minimum absolute atomic E-state index is 0.00938. The predicted molar refractivity (Wildman–Crippen MR) is 132 cm³/mol. The highest BCUT2D eigenvalue weighted by Gasteiger charge is 2.52. The van der Waals surface area contributed by atoms with Gasteiger partial charge in [0.15, 0.2) is 5.60 Å². The maximum absolute atomic E-state index is 13.5. The molecule has 3 aromatic carbocycles. The lowest BCUT2D eigenvalue weighted by atomic mass is 9.83. The van der Waals surface area contributed by atoms with Crippen LogP contribution in [0.4, 0.5) is 11.4 Å². The maximum Gasteiger partial charge on any atom is 0.264 e. The second kappa shape index (κ2) is 10.0. The normalized spacial score (nSPS) is 18.2. The Balaban J connectivity index is 1.58. The second-order valence-electron chi connectivity index (χ2n) is 8.42. The molecule has 1 heterocycles. The highest BCUT2D eigenvalue weighted by Crippen LogP contribution is 2.45. The smallest absolute Gasteiger partial charge is 0.264 e. The molecule has 0 saturated carbocycles. The van der Waals surface area contributed by atoms with E-state index in [2.05, 4.69) is 5.32 Å². The Morgan fingerprint density at radius 2 is 1.79 bits per heavy atom. The van der Waals surface area contributed by atoms with Crippen LogP contribution in [0.3, 0.4) is 0 Å². The predicted octanol–water partition coefficient (Wildman–Crippen LogP) is 4.25. The summed E-state index contributed by atoms with van der Waals surface area (Å²) >= 11 is 0. The number of nitrogens with zero attached hydrogens (tertiary/aromatic N) is 1. The zero-order valence-electron chi connectivity index (χ0n) is 19.0. The van der Waals surface area contributed by atoms with Crippen LogP contribution in [0, 0.1) is 5.92 Å². The maximum atomic E-state index is 13.5. The van der Waals surface area contributed by atoms with Crippen molar-refractivity contribution in [2.75, 3.05) is 16.8 Å². The number of hydrogen-bond donors (Lipinski definition) is 3. The van der Waals surface area contributed by atoms with Gasteiger partial charge in [-0.25, -0.2) is 0 Å². The number of aliphatic hydroxyl groups is 2. The number of anilines is 2. The summed E-state index contributed by atoms with van der Waals surface area (Å²) in [7, 11) is 0. The van der Waals surface area contributed by atoms with Crippen molar-refractivity contribution in [1.29, 1.82) is 0 Å². The van der Waals surface area contributed by atoms with Crippen molar-refractivity contribution in [3.8, 4) is 0 Å². The summed E-state index contributed by atoms with van der Waals surface area (Å²) in [5, 5.41) is 23.5. The van der Waals surface area contributed by atoms with Gasteiger partial charge >= 0.3 is 0 Å². The summed E-state index contributed by atoms with van der Waals surface area (Å²) in [6, 6.07) is 23.6. The lowest BCUT2D eigenvalue weighted by molar-refractivity contribution is -0.139. The third-order valence-electron chi connectivity index (χ3n) is 6.12. The molecule has 1 aliphatic heterocycles. The van der Waals surface area contributed by atoms with Crippen molar-refractivity contribution in [3.63, 3.8) is 0 Å². The fourth-order valence-electron chi connectivity index (χ4n) is 4.30. The molecule has 2 atom stereocenters. The molecule has 0 fully saturated rings. The molecular formula is C28H28N2O4. The summed E-state index contributed by atoms with van der Waals surface area (Å²) in [6.45, 7) is 2.06. The Labute approximate surface area is 199 Å². The molecule has 0 aliphatic carbocycles. The van der Waals surface area contributed by atoms with Gasteiger partial charge in [-0.1, -0.05) is 67.6 Å². The van der Waals surface area contributed by atoms with Gasteiger partial charge in [-0.05, 0) is 42.3 Å². The molecule has 0 aromatic heterocycles. The third kappa shape index (κ3) is 4.51. The Bertz CT molecular complexity index is 1210. The van der Waals surface area contributed by atoms with E-state index in [0.29, 0.717) is 28.9 Å². The fourth-order valence-corrected chi connectivity index (χ4v) is 4.30. The molecule has 0 radical (unpaired) electrons. The second-order valence-corrected chi connectivity index (χ2v) is 8.42. The van der Waals surface area contributed by atoms with Gasteiger partial charge in [-0.3, -0.25) is 9.59 Å². The summed E-state index contributed by atoms with van der Waals surface area (Å²) in [4.78, 5) is 27.6. The van der Waals surface area contributed by atoms with Gasteiger partial charge in [-0.15, -0.1) is 0 Å². The summed E-state index contributed by atoms with van der Waals surface area (Å²) in [5.74, 6) is -1.08. The zero-order valence-corrected chi connectivity index (χ0v) is 19.0. The van der Waals surface area contributed by atoms with Crippen molar-refractivity contribution in [2.45, 2.75) is 25.5 Å². The van der Waals surface area contributed by atoms with E-state index in [4.69, 9.17) is 5.11 Å². The third-order valence-corrected chi connectivity index (χ3v) is 6.12. The molecule has 174 valence electrons. The van der Waals surface area contributed by atoms with Crippen LogP contribution < -0.4 is 10.2 Å². The molecule has 4 rings (SSSR count). The van der Waals surface area contributed by atoms with E-state index < -0.39 is 17.4 Å². The monoisotopic (exact) mass is 456 g/mol. The molecule has 6 heteroatoms. The fraction of sp³-hybridized carbons (Fsp3) is 0.214. The number of para-hydroxylation sites is 1. The van der Waals surface area contributed by atoms with Crippen molar-refractivity contribution in [3.05, 3.63) is 108 Å². The number of amides is 2. The molecular weight excluding hydrogens is 428 g/mol. The Hall–Kier alpha value is -3.74. The minimum Gasteiger partial charge on any atom is -0.396 e. The number of aliphatic hydroxyl groups excluding tert-OH is 1. The first kappa shape index (κ1) is 23.4. The largest absolute Gasteiger partial charge is 0.396 e. The van der Waals surface area contributed by atoms with Crippen molar-refractivity contribution in [1.82, 2.24) is 0 Å². The first-order chi connectivity index (χ1) is 16.4. The molecule has 0 spiro atoms. The van der Waals surface area contributed by atoms with Crippen molar-refractivity contribution in [2.24, 2.45) is 5.92 Å². The van der Waals surface area contributed by atoms with Gasteiger partial charge in [0.05, 0.1) is 12.2 Å². The SMILES string of the molecule is C[C@@H](/C=C/CCO)[C@]1(O)C(=O)N(Cc2cccc(NC(=O)c3ccccc3)c2)c2ccccc21. The zero-order chi connectivity index (χ0) is 24.1. The van der Waals surface area contributed by atoms with Crippen LogP contribution in [0.5, 0.6) is 0 Å². The van der Waals surface area contributed by atoms with Gasteiger partial charge in [0.2, 0.25) is 0 Å². The van der Waals surface area contributed by atoms with Crippen LogP contribution in [0.2, 0.25) is 0 Å². The number of nitrogens with one attached hydrogen (secondary N) is 1. The number of fused-ring (bicyclic) bond motifs is 1. The van der Waals surface area contributed by atoms with Gasteiger partial charge in [0.1, 0.15) is 0 Å². The van der Waals surface area contributed by atoms with E-state index in [1.165, 1.54) is 0 Å². The molecule has 0 bridgehead atoms. The standard InChI is InChI=1S/C28H28N2O4/c1-20(10-7-8-17-31)28(34)24-15-5-6-16-25(24)30(27(28)33)19-21-11-9-14-23(18-21)29-26(32)22-12-3-2-4-13-22/h2-7,9-16,18,20,31,34H,8,17,19H2,1H3,(H,29,32)/b10-7+/t20-,28+/m0/s1. The van der Waals surface area contributed by atoms with Crippen molar-refractivity contribution < 1.29 is 19.8 Å². The lowest BCUT2D eigenvalue weighted by Crippen LogP contribution is -2.44. The van der Waals surface area contributed by atoms with Gasteiger partial charge < -0.3 is 20.4 Å². The van der Waals surface area contributed by atoms with Crippen LogP contribution in [-0.4, -0.2) is 28.6 Å². The average Bonchev–Trinajstić information content (AvgIpc) is 3.08. The van der Waals surface area contributed by atoms with E-state index in [-0.39, 0.29) is 19.1 Å². The number of rotatable bonds is 8.